The second-order valence-electron chi connectivity index (χ2n) is 5.04. The first kappa shape index (κ1) is 15.1. The van der Waals surface area contributed by atoms with Gasteiger partial charge >= 0.3 is 0 Å². The van der Waals surface area contributed by atoms with E-state index in [2.05, 4.69) is 5.32 Å². The molecule has 1 aliphatic rings. The van der Waals surface area contributed by atoms with E-state index in [-0.39, 0.29) is 11.7 Å². The molecule has 1 heterocycles. The molecular weight excluding hydrogens is 297 g/mol. The van der Waals surface area contributed by atoms with Gasteiger partial charge in [0.25, 0.3) is 5.91 Å². The summed E-state index contributed by atoms with van der Waals surface area (Å²) in [6, 6.07) is 9.59. The maximum atomic E-state index is 13.5. The van der Waals surface area contributed by atoms with E-state index in [1.807, 2.05) is 13.0 Å². The Morgan fingerprint density at radius 2 is 2.04 bits per heavy atom. The summed E-state index contributed by atoms with van der Waals surface area (Å²) in [5, 5.41) is 2.80. The lowest BCUT2D eigenvalue weighted by Crippen LogP contribution is -2.03. The molecule has 0 radical (unpaired) electrons. The van der Waals surface area contributed by atoms with Crippen molar-refractivity contribution in [3.63, 3.8) is 0 Å². The number of methoxy groups -OCH3 is 1. The Labute approximate surface area is 133 Å². The minimum absolute atomic E-state index is 0.236. The van der Waals surface area contributed by atoms with Crippen LogP contribution in [0.5, 0.6) is 11.5 Å². The number of anilines is 1. The molecule has 0 aliphatic carbocycles. The van der Waals surface area contributed by atoms with Gasteiger partial charge in [0.15, 0.2) is 0 Å². The molecule has 0 atom stereocenters. The molecule has 5 heteroatoms. The molecule has 23 heavy (non-hydrogen) atoms. The van der Waals surface area contributed by atoms with E-state index in [0.29, 0.717) is 34.9 Å². The SMILES string of the molecule is CCOc1ccc2c(c1)NC(=O)/C2=C/c1cc(F)ccc1OC. The van der Waals surface area contributed by atoms with Gasteiger partial charge in [0, 0.05) is 22.8 Å². The van der Waals surface area contributed by atoms with Crippen LogP contribution in [0.2, 0.25) is 0 Å². The number of rotatable bonds is 4. The average Bonchev–Trinajstić information content (AvgIpc) is 2.83. The first-order valence-electron chi connectivity index (χ1n) is 7.26. The van der Waals surface area contributed by atoms with Gasteiger partial charge in [-0.25, -0.2) is 4.39 Å². The molecule has 0 bridgehead atoms. The molecule has 0 saturated heterocycles. The Balaban J connectivity index is 2.05. The monoisotopic (exact) mass is 313 g/mol. The maximum Gasteiger partial charge on any atom is 0.256 e. The van der Waals surface area contributed by atoms with E-state index >= 15 is 0 Å². The van der Waals surface area contributed by atoms with E-state index in [1.54, 1.807) is 18.2 Å². The predicted octanol–water partition coefficient (Wildman–Crippen LogP) is 3.73. The van der Waals surface area contributed by atoms with Gasteiger partial charge in [0.05, 0.1) is 19.4 Å². The van der Waals surface area contributed by atoms with Crippen LogP contribution in [0.4, 0.5) is 10.1 Å². The van der Waals surface area contributed by atoms with E-state index in [1.165, 1.54) is 25.3 Å². The van der Waals surface area contributed by atoms with Crippen molar-refractivity contribution < 1.29 is 18.7 Å². The number of hydrogen-bond acceptors (Lipinski definition) is 3. The van der Waals surface area contributed by atoms with Gasteiger partial charge in [-0.2, -0.15) is 0 Å². The van der Waals surface area contributed by atoms with Crippen molar-refractivity contribution in [2.24, 2.45) is 0 Å². The highest BCUT2D eigenvalue weighted by Crippen LogP contribution is 2.36. The topological polar surface area (TPSA) is 47.6 Å². The van der Waals surface area contributed by atoms with Gasteiger partial charge in [0.1, 0.15) is 17.3 Å². The first-order chi connectivity index (χ1) is 11.1. The largest absolute Gasteiger partial charge is 0.496 e. The summed E-state index contributed by atoms with van der Waals surface area (Å²) in [6.07, 6.45) is 1.63. The summed E-state index contributed by atoms with van der Waals surface area (Å²) in [4.78, 5) is 12.2. The van der Waals surface area contributed by atoms with Crippen molar-refractivity contribution in [2.75, 3.05) is 19.0 Å². The molecule has 3 rings (SSSR count). The van der Waals surface area contributed by atoms with Crippen LogP contribution in [-0.2, 0) is 4.79 Å². The first-order valence-corrected chi connectivity index (χ1v) is 7.26. The Morgan fingerprint density at radius 1 is 1.22 bits per heavy atom. The fraction of sp³-hybridized carbons (Fsp3) is 0.167. The lowest BCUT2D eigenvalue weighted by atomic mass is 10.0. The molecule has 0 saturated carbocycles. The van der Waals surface area contributed by atoms with Crippen LogP contribution in [0.25, 0.3) is 11.6 Å². The van der Waals surface area contributed by atoms with Crippen LogP contribution in [0, 0.1) is 5.82 Å². The highest BCUT2D eigenvalue weighted by Gasteiger charge is 2.25. The highest BCUT2D eigenvalue weighted by atomic mass is 19.1. The molecule has 1 amide bonds. The summed E-state index contributed by atoms with van der Waals surface area (Å²) >= 11 is 0. The number of fused-ring (bicyclic) bond motifs is 1. The molecule has 0 unspecified atom stereocenters. The minimum Gasteiger partial charge on any atom is -0.496 e. The molecule has 2 aromatic rings. The summed E-state index contributed by atoms with van der Waals surface area (Å²) in [6.45, 7) is 2.45. The molecule has 0 aromatic heterocycles. The highest BCUT2D eigenvalue weighted by molar-refractivity contribution is 6.35. The zero-order valence-corrected chi connectivity index (χ0v) is 12.9. The van der Waals surface area contributed by atoms with Crippen molar-refractivity contribution in [3.8, 4) is 11.5 Å². The molecule has 1 aliphatic heterocycles. The zero-order valence-electron chi connectivity index (χ0n) is 12.9. The zero-order chi connectivity index (χ0) is 16.4. The van der Waals surface area contributed by atoms with Gasteiger partial charge in [-0.05, 0) is 43.3 Å². The Morgan fingerprint density at radius 3 is 2.78 bits per heavy atom. The number of carbonyl (C=O) groups excluding carboxylic acids is 1. The molecule has 0 spiro atoms. The Kier molecular flexibility index (Phi) is 4.02. The van der Waals surface area contributed by atoms with Gasteiger partial charge < -0.3 is 14.8 Å². The van der Waals surface area contributed by atoms with Crippen LogP contribution >= 0.6 is 0 Å². The molecule has 1 N–H and O–H groups in total. The fourth-order valence-corrected chi connectivity index (χ4v) is 2.55. The maximum absolute atomic E-state index is 13.5. The number of amides is 1. The normalized spacial score (nSPS) is 14.6. The van der Waals surface area contributed by atoms with Gasteiger partial charge in [-0.15, -0.1) is 0 Å². The number of carbonyl (C=O) groups is 1. The number of ether oxygens (including phenoxy) is 2. The fourth-order valence-electron chi connectivity index (χ4n) is 2.55. The van der Waals surface area contributed by atoms with Crippen LogP contribution < -0.4 is 14.8 Å². The molecular formula is C18H16FNO3. The average molecular weight is 313 g/mol. The van der Waals surface area contributed by atoms with Gasteiger partial charge in [0.2, 0.25) is 0 Å². The van der Waals surface area contributed by atoms with Crippen LogP contribution in [0.3, 0.4) is 0 Å². The molecule has 118 valence electrons. The summed E-state index contributed by atoms with van der Waals surface area (Å²) < 4.78 is 24.1. The third kappa shape index (κ3) is 2.90. The summed E-state index contributed by atoms with van der Waals surface area (Å²) in [5.74, 6) is 0.574. The van der Waals surface area contributed by atoms with E-state index in [0.717, 1.165) is 5.56 Å². The smallest absolute Gasteiger partial charge is 0.256 e. The van der Waals surface area contributed by atoms with E-state index in [4.69, 9.17) is 9.47 Å². The van der Waals surface area contributed by atoms with Crippen LogP contribution in [-0.4, -0.2) is 19.6 Å². The van der Waals surface area contributed by atoms with Crippen molar-refractivity contribution in [1.82, 2.24) is 0 Å². The van der Waals surface area contributed by atoms with E-state index < -0.39 is 0 Å². The second-order valence-corrected chi connectivity index (χ2v) is 5.04. The van der Waals surface area contributed by atoms with Crippen molar-refractivity contribution in [2.45, 2.75) is 6.92 Å². The van der Waals surface area contributed by atoms with E-state index in [9.17, 15) is 9.18 Å². The van der Waals surface area contributed by atoms with Gasteiger partial charge in [-0.1, -0.05) is 0 Å². The van der Waals surface area contributed by atoms with Crippen LogP contribution in [0.1, 0.15) is 18.1 Å². The van der Waals surface area contributed by atoms with Crippen molar-refractivity contribution in [3.05, 3.63) is 53.3 Å². The summed E-state index contributed by atoms with van der Waals surface area (Å²) in [5.41, 5.74) is 2.42. The number of benzene rings is 2. The summed E-state index contributed by atoms with van der Waals surface area (Å²) in [7, 11) is 1.51. The standard InChI is InChI=1S/C18H16FNO3/c1-3-23-13-5-6-14-15(18(21)20-16(14)10-13)9-11-8-12(19)4-7-17(11)22-2/h4-10H,3H2,1-2H3,(H,20,21)/b15-9+. The molecule has 2 aromatic carbocycles. The Bertz CT molecular complexity index is 799. The number of hydrogen-bond donors (Lipinski definition) is 1. The predicted molar refractivity (Wildman–Crippen MR) is 87.1 cm³/mol. The Hall–Kier alpha value is -2.82. The van der Waals surface area contributed by atoms with Crippen LogP contribution in [0.15, 0.2) is 36.4 Å². The minimum atomic E-state index is -0.386. The van der Waals surface area contributed by atoms with Crippen molar-refractivity contribution in [1.29, 1.82) is 0 Å². The quantitative estimate of drug-likeness (QED) is 0.875. The third-order valence-electron chi connectivity index (χ3n) is 3.58. The molecule has 0 fully saturated rings. The molecule has 4 nitrogen and oxygen atoms in total. The number of halogens is 1. The lowest BCUT2D eigenvalue weighted by Gasteiger charge is -2.06. The van der Waals surface area contributed by atoms with Crippen molar-refractivity contribution >= 4 is 23.2 Å². The lowest BCUT2D eigenvalue weighted by molar-refractivity contribution is -0.110. The number of nitrogens with one attached hydrogen (secondary N) is 1. The second kappa shape index (κ2) is 6.12. The third-order valence-corrected chi connectivity index (χ3v) is 3.58. The van der Waals surface area contributed by atoms with Gasteiger partial charge in [-0.3, -0.25) is 4.79 Å².